The molecular formula is C18H12N8. The van der Waals surface area contributed by atoms with Crippen molar-refractivity contribution in [3.63, 3.8) is 0 Å². The highest BCUT2D eigenvalue weighted by atomic mass is 15.5. The van der Waals surface area contributed by atoms with Crippen molar-refractivity contribution in [3.05, 3.63) is 84.4 Å². The van der Waals surface area contributed by atoms with Crippen molar-refractivity contribution < 1.29 is 0 Å². The van der Waals surface area contributed by atoms with Crippen LogP contribution in [0.2, 0.25) is 0 Å². The van der Waals surface area contributed by atoms with E-state index >= 15 is 0 Å². The molecule has 2 aromatic heterocycles. The molecule has 0 aliphatic carbocycles. The van der Waals surface area contributed by atoms with E-state index in [-0.39, 0.29) is 0 Å². The van der Waals surface area contributed by atoms with Gasteiger partial charge in [0.25, 0.3) is 0 Å². The van der Waals surface area contributed by atoms with Gasteiger partial charge in [-0.25, -0.2) is 4.68 Å². The smallest absolute Gasteiger partial charge is 0.0991 e. The predicted molar refractivity (Wildman–Crippen MR) is 92.1 cm³/mol. The number of nitrogens with zero attached hydrogens (tertiary/aromatic N) is 8. The maximum absolute atomic E-state index is 8.57. The number of rotatable bonds is 2. The van der Waals surface area contributed by atoms with Gasteiger partial charge in [0.2, 0.25) is 0 Å². The molecule has 8 nitrogen and oxygen atoms in total. The van der Waals surface area contributed by atoms with Gasteiger partial charge in [0.15, 0.2) is 0 Å². The first kappa shape index (κ1) is 16.6. The summed E-state index contributed by atoms with van der Waals surface area (Å²) < 4.78 is 1.64. The van der Waals surface area contributed by atoms with Crippen molar-refractivity contribution in [2.75, 3.05) is 0 Å². The third kappa shape index (κ3) is 3.96. The van der Waals surface area contributed by atoms with Crippen LogP contribution in [0.3, 0.4) is 0 Å². The Morgan fingerprint density at radius 1 is 0.692 bits per heavy atom. The summed E-state index contributed by atoms with van der Waals surface area (Å²) in [6.45, 7) is 0. The van der Waals surface area contributed by atoms with E-state index < -0.39 is 0 Å². The van der Waals surface area contributed by atoms with Gasteiger partial charge in [-0.2, -0.15) is 25.5 Å². The zero-order valence-corrected chi connectivity index (χ0v) is 13.5. The second kappa shape index (κ2) is 7.99. The Morgan fingerprint density at radius 3 is 1.69 bits per heavy atom. The van der Waals surface area contributed by atoms with Gasteiger partial charge in [0.05, 0.1) is 59.4 Å². The monoisotopic (exact) mass is 340 g/mol. The van der Waals surface area contributed by atoms with E-state index in [0.717, 1.165) is 11.4 Å². The second-order valence-electron chi connectivity index (χ2n) is 4.98. The molecule has 124 valence electrons. The van der Waals surface area contributed by atoms with Crippen molar-refractivity contribution >= 4 is 0 Å². The molecule has 2 aromatic carbocycles. The lowest BCUT2D eigenvalue weighted by Gasteiger charge is -1.97. The first-order chi connectivity index (χ1) is 12.8. The van der Waals surface area contributed by atoms with E-state index in [0.29, 0.717) is 11.1 Å². The van der Waals surface area contributed by atoms with E-state index in [4.69, 9.17) is 10.5 Å². The Balaban J connectivity index is 0.000000151. The summed E-state index contributed by atoms with van der Waals surface area (Å²) in [5.41, 5.74) is 3.03. The maximum atomic E-state index is 8.57. The third-order valence-electron chi connectivity index (χ3n) is 3.33. The molecular weight excluding hydrogens is 328 g/mol. The van der Waals surface area contributed by atoms with Crippen molar-refractivity contribution in [1.82, 2.24) is 30.0 Å². The molecule has 0 amide bonds. The average Bonchev–Trinajstić information content (AvgIpc) is 3.43. The fourth-order valence-corrected chi connectivity index (χ4v) is 2.05. The van der Waals surface area contributed by atoms with Gasteiger partial charge >= 0.3 is 0 Å². The predicted octanol–water partition coefficient (Wildman–Crippen LogP) is 2.28. The van der Waals surface area contributed by atoms with Crippen LogP contribution < -0.4 is 0 Å². The first-order valence-corrected chi connectivity index (χ1v) is 7.54. The normalized spacial score (nSPS) is 9.46. The summed E-state index contributed by atoms with van der Waals surface area (Å²) in [7, 11) is 0. The van der Waals surface area contributed by atoms with Gasteiger partial charge in [-0.05, 0) is 48.5 Å². The second-order valence-corrected chi connectivity index (χ2v) is 4.98. The topological polar surface area (TPSA) is 109 Å². The van der Waals surface area contributed by atoms with Crippen LogP contribution in [0.15, 0.2) is 73.3 Å². The molecule has 4 rings (SSSR count). The van der Waals surface area contributed by atoms with Crippen LogP contribution in [0, 0.1) is 22.7 Å². The van der Waals surface area contributed by atoms with Crippen LogP contribution in [0.1, 0.15) is 11.1 Å². The van der Waals surface area contributed by atoms with Crippen LogP contribution in [-0.2, 0) is 0 Å². The van der Waals surface area contributed by atoms with Crippen molar-refractivity contribution in [3.8, 4) is 23.5 Å². The molecule has 0 radical (unpaired) electrons. The standard InChI is InChI=1S/2C9H6N4/c10-7-8-1-3-9(4-2-8)13-6-5-11-12-13;10-7-8-1-3-9(4-2-8)13-11-5-6-12-13/h2*1-6H. The van der Waals surface area contributed by atoms with E-state index in [1.54, 1.807) is 65.9 Å². The minimum absolute atomic E-state index is 0.635. The SMILES string of the molecule is N#Cc1ccc(-n2ccnn2)cc1.N#Cc1ccc(-n2nccn2)cc1. The lowest BCUT2D eigenvalue weighted by atomic mass is 10.2. The summed E-state index contributed by atoms with van der Waals surface area (Å²) in [6.07, 6.45) is 6.58. The Hall–Kier alpha value is -4.30. The molecule has 0 N–H and O–H groups in total. The van der Waals surface area contributed by atoms with Crippen molar-refractivity contribution in [2.24, 2.45) is 0 Å². The van der Waals surface area contributed by atoms with Crippen LogP contribution in [0.5, 0.6) is 0 Å². The Bertz CT molecular complexity index is 931. The largest absolute Gasteiger partial charge is 0.221 e. The molecule has 0 fully saturated rings. The number of aromatic nitrogens is 6. The molecule has 0 saturated heterocycles. The molecule has 0 saturated carbocycles. The Kier molecular flexibility index (Phi) is 5.09. The molecule has 8 heteroatoms. The summed E-state index contributed by atoms with van der Waals surface area (Å²) in [5, 5.41) is 32.6. The zero-order valence-electron chi connectivity index (χ0n) is 13.5. The molecule has 26 heavy (non-hydrogen) atoms. The van der Waals surface area contributed by atoms with Crippen LogP contribution >= 0.6 is 0 Å². The lowest BCUT2D eigenvalue weighted by Crippen LogP contribution is -1.97. The van der Waals surface area contributed by atoms with E-state index in [1.807, 2.05) is 18.2 Å². The fraction of sp³-hybridized carbons (Fsp3) is 0. The zero-order chi connectivity index (χ0) is 18.2. The van der Waals surface area contributed by atoms with Crippen LogP contribution in [-0.4, -0.2) is 30.0 Å². The minimum Gasteiger partial charge on any atom is -0.221 e. The molecule has 4 aromatic rings. The minimum atomic E-state index is 0.635. The molecule has 0 aliphatic rings. The van der Waals surface area contributed by atoms with Gasteiger partial charge in [-0.15, -0.1) is 5.10 Å². The van der Waals surface area contributed by atoms with E-state index in [1.165, 1.54) is 4.80 Å². The molecule has 0 aliphatic heterocycles. The molecule has 0 bridgehead atoms. The highest BCUT2D eigenvalue weighted by Crippen LogP contribution is 2.07. The molecule has 0 atom stereocenters. The van der Waals surface area contributed by atoms with Gasteiger partial charge in [-0.3, -0.25) is 0 Å². The van der Waals surface area contributed by atoms with Gasteiger partial charge in [-0.1, -0.05) is 5.21 Å². The van der Waals surface area contributed by atoms with Crippen molar-refractivity contribution in [2.45, 2.75) is 0 Å². The summed E-state index contributed by atoms with van der Waals surface area (Å²) >= 11 is 0. The molecule has 0 spiro atoms. The van der Waals surface area contributed by atoms with Crippen LogP contribution in [0.4, 0.5) is 0 Å². The Morgan fingerprint density at radius 2 is 1.23 bits per heavy atom. The molecule has 2 heterocycles. The lowest BCUT2D eigenvalue weighted by molar-refractivity contribution is 0.752. The van der Waals surface area contributed by atoms with Gasteiger partial charge in [0.1, 0.15) is 0 Å². The van der Waals surface area contributed by atoms with Crippen molar-refractivity contribution in [1.29, 1.82) is 10.5 Å². The highest BCUT2D eigenvalue weighted by Gasteiger charge is 1.97. The number of hydrogen-bond acceptors (Lipinski definition) is 6. The number of benzene rings is 2. The highest BCUT2D eigenvalue weighted by molar-refractivity contribution is 5.38. The average molecular weight is 340 g/mol. The van der Waals surface area contributed by atoms with Crippen LogP contribution in [0.25, 0.3) is 11.4 Å². The van der Waals surface area contributed by atoms with Gasteiger partial charge in [0, 0.05) is 0 Å². The van der Waals surface area contributed by atoms with Gasteiger partial charge < -0.3 is 0 Å². The maximum Gasteiger partial charge on any atom is 0.0991 e. The first-order valence-electron chi connectivity index (χ1n) is 7.54. The summed E-state index contributed by atoms with van der Waals surface area (Å²) in [5.74, 6) is 0. The quantitative estimate of drug-likeness (QED) is 0.554. The fourth-order valence-electron chi connectivity index (χ4n) is 2.05. The third-order valence-corrected chi connectivity index (χ3v) is 3.33. The number of nitriles is 2. The van der Waals surface area contributed by atoms with E-state index in [9.17, 15) is 0 Å². The van der Waals surface area contributed by atoms with E-state index in [2.05, 4.69) is 26.6 Å². The Labute approximate surface area is 149 Å². The summed E-state index contributed by atoms with van der Waals surface area (Å²) in [4.78, 5) is 1.50. The molecule has 0 unspecified atom stereocenters. The summed E-state index contributed by atoms with van der Waals surface area (Å²) in [6, 6.07) is 18.3. The number of hydrogen-bond donors (Lipinski definition) is 0.